The molecule has 0 spiro atoms. The minimum atomic E-state index is -0.290. The molecule has 0 fully saturated rings. The highest BCUT2D eigenvalue weighted by Gasteiger charge is 2.23. The van der Waals surface area contributed by atoms with E-state index < -0.39 is 0 Å². The lowest BCUT2D eigenvalue weighted by molar-refractivity contribution is -0.134. The molecule has 3 aromatic carbocycles. The summed E-state index contributed by atoms with van der Waals surface area (Å²) in [5.74, 6) is 0.863. The minimum absolute atomic E-state index is 0.0886. The third kappa shape index (κ3) is 6.88. The molecule has 0 aliphatic carbocycles. The van der Waals surface area contributed by atoms with Crippen LogP contribution in [0, 0.1) is 0 Å². The number of nitrogens with zero attached hydrogens (tertiary/aromatic N) is 3. The van der Waals surface area contributed by atoms with Gasteiger partial charge in [-0.2, -0.15) is 5.10 Å². The van der Waals surface area contributed by atoms with Crippen molar-refractivity contribution in [1.29, 1.82) is 0 Å². The number of aromatic nitrogens is 2. The van der Waals surface area contributed by atoms with Gasteiger partial charge in [-0.25, -0.2) is 4.68 Å². The highest BCUT2D eigenvalue weighted by molar-refractivity contribution is 5.94. The number of methoxy groups -OCH3 is 1. The Bertz CT molecular complexity index is 1360. The average Bonchev–Trinajstić information content (AvgIpc) is 3.34. The van der Waals surface area contributed by atoms with Gasteiger partial charge >= 0.3 is 0 Å². The first-order valence-corrected chi connectivity index (χ1v) is 12.6. The van der Waals surface area contributed by atoms with Crippen molar-refractivity contribution in [2.75, 3.05) is 19.0 Å². The first-order valence-electron chi connectivity index (χ1n) is 12.6. The van der Waals surface area contributed by atoms with Gasteiger partial charge in [-0.1, -0.05) is 81.4 Å². The van der Waals surface area contributed by atoms with Crippen molar-refractivity contribution < 1.29 is 14.3 Å². The second-order valence-corrected chi connectivity index (χ2v) is 10.2. The van der Waals surface area contributed by atoms with Gasteiger partial charge in [-0.15, -0.1) is 0 Å². The lowest BCUT2D eigenvalue weighted by Crippen LogP contribution is -2.38. The number of hydrogen-bond acceptors (Lipinski definition) is 4. The molecule has 0 atom stereocenters. The Balaban J connectivity index is 1.55. The fourth-order valence-electron chi connectivity index (χ4n) is 4.02. The zero-order valence-corrected chi connectivity index (χ0v) is 22.3. The standard InChI is InChI=1S/C31H34N4O3/c1-31(2,3)27-20-28(35(33-27)25-13-9-6-10-14-25)32-29(36)22-34(21-24-11-7-5-8-12-24)30(37)19-23-15-17-26(38-4)18-16-23/h5-18,20H,19,21-22H2,1-4H3,(H,32,36). The van der Waals surface area contributed by atoms with E-state index in [1.54, 1.807) is 16.7 Å². The highest BCUT2D eigenvalue weighted by Crippen LogP contribution is 2.26. The molecular weight excluding hydrogens is 476 g/mol. The van der Waals surface area contributed by atoms with Crippen LogP contribution < -0.4 is 10.1 Å². The number of anilines is 1. The van der Waals surface area contributed by atoms with Crippen LogP contribution in [0.15, 0.2) is 91.0 Å². The molecule has 4 aromatic rings. The molecule has 0 unspecified atom stereocenters. The van der Waals surface area contributed by atoms with Crippen molar-refractivity contribution in [2.24, 2.45) is 0 Å². The SMILES string of the molecule is COc1ccc(CC(=O)N(CC(=O)Nc2cc(C(C)(C)C)nn2-c2ccccc2)Cc2ccccc2)cc1. The van der Waals surface area contributed by atoms with Crippen LogP contribution in [0.2, 0.25) is 0 Å². The molecular formula is C31H34N4O3. The van der Waals surface area contributed by atoms with E-state index in [-0.39, 0.29) is 30.2 Å². The number of ether oxygens (including phenoxy) is 1. The normalized spacial score (nSPS) is 11.2. The highest BCUT2D eigenvalue weighted by atomic mass is 16.5. The van der Waals surface area contributed by atoms with Gasteiger partial charge in [-0.05, 0) is 35.4 Å². The van der Waals surface area contributed by atoms with E-state index in [9.17, 15) is 9.59 Å². The molecule has 0 aliphatic rings. The van der Waals surface area contributed by atoms with Gasteiger partial charge in [-0.3, -0.25) is 9.59 Å². The molecule has 0 saturated carbocycles. The van der Waals surface area contributed by atoms with Crippen LogP contribution in [0.5, 0.6) is 5.75 Å². The van der Waals surface area contributed by atoms with Crippen LogP contribution in [0.1, 0.15) is 37.6 Å². The number of para-hydroxylation sites is 1. The van der Waals surface area contributed by atoms with Gasteiger partial charge in [0.1, 0.15) is 18.1 Å². The fraction of sp³-hybridized carbons (Fsp3) is 0.258. The summed E-state index contributed by atoms with van der Waals surface area (Å²) < 4.78 is 6.95. The zero-order chi connectivity index (χ0) is 27.1. The summed E-state index contributed by atoms with van der Waals surface area (Å²) in [5.41, 5.74) is 3.30. The number of hydrogen-bond donors (Lipinski definition) is 1. The van der Waals surface area contributed by atoms with Crippen molar-refractivity contribution >= 4 is 17.6 Å². The van der Waals surface area contributed by atoms with E-state index in [2.05, 4.69) is 26.1 Å². The van der Waals surface area contributed by atoms with Crippen LogP contribution in [-0.2, 0) is 28.0 Å². The van der Waals surface area contributed by atoms with E-state index in [0.29, 0.717) is 12.4 Å². The summed E-state index contributed by atoms with van der Waals surface area (Å²) in [6, 6.07) is 28.6. The van der Waals surface area contributed by atoms with Crippen LogP contribution in [0.3, 0.4) is 0 Å². The fourth-order valence-corrected chi connectivity index (χ4v) is 4.02. The van der Waals surface area contributed by atoms with Gasteiger partial charge in [0.05, 0.1) is 24.9 Å². The molecule has 196 valence electrons. The van der Waals surface area contributed by atoms with Gasteiger partial charge < -0.3 is 15.0 Å². The number of amides is 2. The number of carbonyl (C=O) groups excluding carboxylic acids is 2. The molecule has 1 N–H and O–H groups in total. The van der Waals surface area contributed by atoms with E-state index >= 15 is 0 Å². The number of carbonyl (C=O) groups is 2. The van der Waals surface area contributed by atoms with Crippen LogP contribution >= 0.6 is 0 Å². The number of benzene rings is 3. The minimum Gasteiger partial charge on any atom is -0.497 e. The Morgan fingerprint density at radius 3 is 2.13 bits per heavy atom. The Labute approximate surface area is 224 Å². The van der Waals surface area contributed by atoms with Crippen LogP contribution in [0.25, 0.3) is 5.69 Å². The Morgan fingerprint density at radius 2 is 1.53 bits per heavy atom. The first-order chi connectivity index (χ1) is 18.2. The van der Waals surface area contributed by atoms with Gasteiger partial charge in [0, 0.05) is 18.0 Å². The Hall–Kier alpha value is -4.39. The monoisotopic (exact) mass is 510 g/mol. The zero-order valence-electron chi connectivity index (χ0n) is 22.3. The lowest BCUT2D eigenvalue weighted by Gasteiger charge is -2.23. The summed E-state index contributed by atoms with van der Waals surface area (Å²) in [7, 11) is 1.61. The van der Waals surface area contributed by atoms with Crippen molar-refractivity contribution in [3.63, 3.8) is 0 Å². The van der Waals surface area contributed by atoms with Crippen LogP contribution in [0.4, 0.5) is 5.82 Å². The molecule has 2 amide bonds. The molecule has 38 heavy (non-hydrogen) atoms. The summed E-state index contributed by atoms with van der Waals surface area (Å²) >= 11 is 0. The topological polar surface area (TPSA) is 76.5 Å². The second-order valence-electron chi connectivity index (χ2n) is 10.2. The second kappa shape index (κ2) is 11.8. The van der Waals surface area contributed by atoms with E-state index in [0.717, 1.165) is 28.3 Å². The van der Waals surface area contributed by atoms with Crippen molar-refractivity contribution in [3.8, 4) is 11.4 Å². The molecule has 0 bridgehead atoms. The smallest absolute Gasteiger partial charge is 0.245 e. The van der Waals surface area contributed by atoms with Crippen molar-refractivity contribution in [2.45, 2.75) is 39.2 Å². The predicted octanol–water partition coefficient (Wildman–Crippen LogP) is 5.39. The molecule has 7 heteroatoms. The third-order valence-corrected chi connectivity index (χ3v) is 6.16. The maximum absolute atomic E-state index is 13.4. The van der Waals surface area contributed by atoms with Gasteiger partial charge in [0.2, 0.25) is 11.8 Å². The lowest BCUT2D eigenvalue weighted by atomic mass is 9.92. The van der Waals surface area contributed by atoms with E-state index in [1.807, 2.05) is 91.0 Å². The largest absolute Gasteiger partial charge is 0.497 e. The third-order valence-electron chi connectivity index (χ3n) is 6.16. The quantitative estimate of drug-likeness (QED) is 0.328. The molecule has 0 saturated heterocycles. The van der Waals surface area contributed by atoms with Crippen molar-refractivity contribution in [3.05, 3.63) is 108 Å². The number of nitrogens with one attached hydrogen (secondary N) is 1. The summed E-state index contributed by atoms with van der Waals surface area (Å²) in [4.78, 5) is 28.3. The van der Waals surface area contributed by atoms with Gasteiger partial charge in [0.15, 0.2) is 0 Å². The Kier molecular flexibility index (Phi) is 8.26. The van der Waals surface area contributed by atoms with E-state index in [4.69, 9.17) is 9.84 Å². The molecule has 0 radical (unpaired) electrons. The van der Waals surface area contributed by atoms with Crippen molar-refractivity contribution in [1.82, 2.24) is 14.7 Å². The van der Waals surface area contributed by atoms with E-state index in [1.165, 1.54) is 0 Å². The molecule has 4 rings (SSSR count). The molecule has 1 heterocycles. The maximum Gasteiger partial charge on any atom is 0.245 e. The van der Waals surface area contributed by atoms with Gasteiger partial charge in [0.25, 0.3) is 0 Å². The summed E-state index contributed by atoms with van der Waals surface area (Å²) in [6.45, 7) is 6.48. The molecule has 1 aromatic heterocycles. The molecule has 0 aliphatic heterocycles. The number of rotatable bonds is 9. The summed E-state index contributed by atoms with van der Waals surface area (Å²) in [6.07, 6.45) is 0.181. The molecule has 7 nitrogen and oxygen atoms in total. The van der Waals surface area contributed by atoms with Crippen LogP contribution in [-0.4, -0.2) is 40.1 Å². The predicted molar refractivity (Wildman–Crippen MR) is 149 cm³/mol. The summed E-state index contributed by atoms with van der Waals surface area (Å²) in [5, 5.41) is 7.77. The maximum atomic E-state index is 13.4. The average molecular weight is 511 g/mol. The first kappa shape index (κ1) is 26.7. The Morgan fingerprint density at radius 1 is 0.895 bits per heavy atom.